The van der Waals surface area contributed by atoms with Crippen LogP contribution in [0.3, 0.4) is 0 Å². The van der Waals surface area contributed by atoms with Crippen molar-refractivity contribution < 1.29 is 4.79 Å². The van der Waals surface area contributed by atoms with Crippen molar-refractivity contribution in [2.75, 3.05) is 13.1 Å². The second kappa shape index (κ2) is 7.12. The molecule has 0 aliphatic carbocycles. The first-order chi connectivity index (χ1) is 10.2. The maximum atomic E-state index is 13.0. The molecule has 0 spiro atoms. The lowest BCUT2D eigenvalue weighted by Crippen LogP contribution is -2.49. The van der Waals surface area contributed by atoms with E-state index in [2.05, 4.69) is 6.92 Å². The Morgan fingerprint density at radius 3 is 2.73 bits per heavy atom. The van der Waals surface area contributed by atoms with Crippen LogP contribution in [0.2, 0.25) is 0 Å². The summed E-state index contributed by atoms with van der Waals surface area (Å²) >= 11 is 0. The molecule has 2 N–H and O–H groups in total. The lowest BCUT2D eigenvalue weighted by molar-refractivity contribution is 0.0575. The smallest absolute Gasteiger partial charge is 0.254 e. The van der Waals surface area contributed by atoms with E-state index >= 15 is 0 Å². The normalized spacial score (nSPS) is 21.5. The van der Waals surface area contributed by atoms with Crippen molar-refractivity contribution in [2.24, 2.45) is 11.7 Å². The van der Waals surface area contributed by atoms with Crippen LogP contribution in [-0.2, 0) is 0 Å². The number of nitrogens with two attached hydrogens (primary N) is 1. The van der Waals surface area contributed by atoms with Gasteiger partial charge >= 0.3 is 0 Å². The van der Waals surface area contributed by atoms with Gasteiger partial charge in [0.1, 0.15) is 0 Å². The first-order valence-electron chi connectivity index (χ1n) is 7.69. The maximum absolute atomic E-state index is 13.0. The standard InChI is InChI=1S/C18H22N2O.ClH/c1-13-9-10-20(15(11-13)12-19)18(21)17-8-4-6-14-5-2-3-7-16(14)17;/h2-8,13,15H,9-12,19H2,1H3;1H. The van der Waals surface area contributed by atoms with E-state index < -0.39 is 0 Å². The number of carbonyl (C=O) groups is 1. The van der Waals surface area contributed by atoms with Gasteiger partial charge in [-0.15, -0.1) is 12.4 Å². The lowest BCUT2D eigenvalue weighted by Gasteiger charge is -2.38. The second-order valence-electron chi connectivity index (χ2n) is 6.04. The van der Waals surface area contributed by atoms with Gasteiger partial charge in [0.25, 0.3) is 5.91 Å². The van der Waals surface area contributed by atoms with Gasteiger partial charge in [-0.1, -0.05) is 43.3 Å². The molecule has 1 saturated heterocycles. The Kier molecular flexibility index (Phi) is 5.43. The Hall–Kier alpha value is -1.58. The van der Waals surface area contributed by atoms with Gasteiger partial charge in [0.2, 0.25) is 0 Å². The number of hydrogen-bond donors (Lipinski definition) is 1. The van der Waals surface area contributed by atoms with Crippen molar-refractivity contribution in [3.05, 3.63) is 48.0 Å². The number of piperidine rings is 1. The number of carbonyl (C=O) groups excluding carboxylic acids is 1. The molecule has 3 nitrogen and oxygen atoms in total. The van der Waals surface area contributed by atoms with Gasteiger partial charge in [-0.25, -0.2) is 0 Å². The van der Waals surface area contributed by atoms with Gasteiger partial charge in [-0.3, -0.25) is 4.79 Å². The maximum Gasteiger partial charge on any atom is 0.254 e. The summed E-state index contributed by atoms with van der Waals surface area (Å²) in [6, 6.07) is 14.2. The van der Waals surface area contributed by atoms with E-state index in [9.17, 15) is 4.79 Å². The van der Waals surface area contributed by atoms with Crippen LogP contribution in [0.15, 0.2) is 42.5 Å². The molecule has 2 atom stereocenters. The van der Waals surface area contributed by atoms with E-state index in [1.54, 1.807) is 0 Å². The summed E-state index contributed by atoms with van der Waals surface area (Å²) in [5, 5.41) is 2.14. The minimum Gasteiger partial charge on any atom is -0.334 e. The highest BCUT2D eigenvalue weighted by atomic mass is 35.5. The molecule has 2 aromatic rings. The van der Waals surface area contributed by atoms with Gasteiger partial charge in [0.15, 0.2) is 0 Å². The monoisotopic (exact) mass is 318 g/mol. The SMILES string of the molecule is CC1CCN(C(=O)c2cccc3ccccc23)C(CN)C1.Cl. The number of benzene rings is 2. The average Bonchev–Trinajstić information content (AvgIpc) is 2.53. The third-order valence-corrected chi connectivity index (χ3v) is 4.53. The van der Waals surface area contributed by atoms with Crippen LogP contribution in [0.1, 0.15) is 30.1 Å². The number of hydrogen-bond acceptors (Lipinski definition) is 2. The zero-order valence-corrected chi connectivity index (χ0v) is 13.7. The Morgan fingerprint density at radius 1 is 1.23 bits per heavy atom. The molecule has 0 aromatic heterocycles. The van der Waals surface area contributed by atoms with Crippen molar-refractivity contribution in [1.82, 2.24) is 4.90 Å². The van der Waals surface area contributed by atoms with E-state index in [1.165, 1.54) is 0 Å². The van der Waals surface area contributed by atoms with Crippen LogP contribution >= 0.6 is 12.4 Å². The van der Waals surface area contributed by atoms with Crippen LogP contribution in [0, 0.1) is 5.92 Å². The highest BCUT2D eigenvalue weighted by Gasteiger charge is 2.30. The van der Waals surface area contributed by atoms with Crippen LogP contribution in [0.5, 0.6) is 0 Å². The van der Waals surface area contributed by atoms with E-state index in [0.717, 1.165) is 35.7 Å². The van der Waals surface area contributed by atoms with Crippen molar-refractivity contribution in [3.63, 3.8) is 0 Å². The molecule has 2 aromatic carbocycles. The predicted molar refractivity (Wildman–Crippen MR) is 93.5 cm³/mol. The molecule has 1 fully saturated rings. The zero-order chi connectivity index (χ0) is 14.8. The van der Waals surface area contributed by atoms with E-state index in [0.29, 0.717) is 12.5 Å². The molecule has 1 aliphatic heterocycles. The summed E-state index contributed by atoms with van der Waals surface area (Å²) in [7, 11) is 0. The van der Waals surface area contributed by atoms with E-state index in [1.807, 2.05) is 47.4 Å². The Labute approximate surface area is 137 Å². The molecule has 22 heavy (non-hydrogen) atoms. The molecular weight excluding hydrogens is 296 g/mol. The number of rotatable bonds is 2. The molecule has 4 heteroatoms. The first kappa shape index (κ1) is 16.8. The molecule has 118 valence electrons. The van der Waals surface area contributed by atoms with Gasteiger partial charge in [-0.05, 0) is 35.6 Å². The van der Waals surface area contributed by atoms with Crippen LogP contribution in [-0.4, -0.2) is 29.9 Å². The van der Waals surface area contributed by atoms with E-state index in [-0.39, 0.29) is 24.4 Å². The summed E-state index contributed by atoms with van der Waals surface area (Å²) in [6.07, 6.45) is 2.07. The highest BCUT2D eigenvalue weighted by Crippen LogP contribution is 2.26. The Bertz CT molecular complexity index is 653. The van der Waals surface area contributed by atoms with Crippen LogP contribution in [0.25, 0.3) is 10.8 Å². The third kappa shape index (κ3) is 3.11. The zero-order valence-electron chi connectivity index (χ0n) is 12.9. The molecule has 1 amide bonds. The molecule has 0 bridgehead atoms. The minimum absolute atomic E-state index is 0. The highest BCUT2D eigenvalue weighted by molar-refractivity contribution is 6.07. The largest absolute Gasteiger partial charge is 0.334 e. The molecular formula is C18H23ClN2O. The number of halogens is 1. The lowest BCUT2D eigenvalue weighted by atomic mass is 9.91. The topological polar surface area (TPSA) is 46.3 Å². The van der Waals surface area contributed by atoms with Crippen molar-refractivity contribution in [2.45, 2.75) is 25.8 Å². The summed E-state index contributed by atoms with van der Waals surface area (Å²) in [4.78, 5) is 14.9. The van der Waals surface area contributed by atoms with E-state index in [4.69, 9.17) is 5.73 Å². The summed E-state index contributed by atoms with van der Waals surface area (Å²) in [6.45, 7) is 3.59. The summed E-state index contributed by atoms with van der Waals surface area (Å²) < 4.78 is 0. The van der Waals surface area contributed by atoms with Crippen LogP contribution < -0.4 is 5.73 Å². The molecule has 0 radical (unpaired) electrons. The van der Waals surface area contributed by atoms with Crippen LogP contribution in [0.4, 0.5) is 0 Å². The predicted octanol–water partition coefficient (Wildman–Crippen LogP) is 3.46. The van der Waals surface area contributed by atoms with Crippen molar-refractivity contribution in [3.8, 4) is 0 Å². The van der Waals surface area contributed by atoms with Gasteiger partial charge in [0.05, 0.1) is 0 Å². The second-order valence-corrected chi connectivity index (χ2v) is 6.04. The fraction of sp³-hybridized carbons (Fsp3) is 0.389. The number of nitrogens with zero attached hydrogens (tertiary/aromatic N) is 1. The molecule has 1 heterocycles. The molecule has 0 saturated carbocycles. The summed E-state index contributed by atoms with van der Waals surface area (Å²) in [5.74, 6) is 0.768. The fourth-order valence-corrected chi connectivity index (χ4v) is 3.31. The van der Waals surface area contributed by atoms with Crippen molar-refractivity contribution in [1.29, 1.82) is 0 Å². The van der Waals surface area contributed by atoms with Gasteiger partial charge in [0, 0.05) is 24.7 Å². The number of amides is 1. The van der Waals surface area contributed by atoms with Crippen molar-refractivity contribution >= 4 is 29.1 Å². The Balaban J connectivity index is 0.00000176. The van der Waals surface area contributed by atoms with Gasteiger partial charge < -0.3 is 10.6 Å². The molecule has 1 aliphatic rings. The first-order valence-corrected chi connectivity index (χ1v) is 7.69. The van der Waals surface area contributed by atoms with Gasteiger partial charge in [-0.2, -0.15) is 0 Å². The molecule has 3 rings (SSSR count). The number of fused-ring (bicyclic) bond motifs is 1. The minimum atomic E-state index is 0. The Morgan fingerprint density at radius 2 is 1.95 bits per heavy atom. The quantitative estimate of drug-likeness (QED) is 0.921. The number of likely N-dealkylation sites (tertiary alicyclic amines) is 1. The summed E-state index contributed by atoms with van der Waals surface area (Å²) in [5.41, 5.74) is 6.68. The molecule has 2 unspecified atom stereocenters. The fourth-order valence-electron chi connectivity index (χ4n) is 3.31. The third-order valence-electron chi connectivity index (χ3n) is 4.53. The average molecular weight is 319 g/mol.